The Morgan fingerprint density at radius 3 is 0.804 bits per heavy atom. The summed E-state index contributed by atoms with van der Waals surface area (Å²) in [5.41, 5.74) is 0.0924. The van der Waals surface area contributed by atoms with E-state index < -0.39 is 26.5 Å². The van der Waals surface area contributed by atoms with E-state index in [0.29, 0.717) is 33.4 Å². The Morgan fingerprint density at radius 1 is 0.522 bits per heavy atom. The van der Waals surface area contributed by atoms with Crippen LogP contribution < -0.4 is 19.6 Å². The fourth-order valence-electron chi connectivity index (χ4n) is 5.27. The molecular weight excluding hydrogens is 647 g/mol. The first-order valence-corrected chi connectivity index (χ1v) is 18.4. The molecule has 2 rings (SSSR count). The molecule has 0 aliphatic carbocycles. The van der Waals surface area contributed by atoms with Gasteiger partial charge in [-0.25, -0.2) is 0 Å². The van der Waals surface area contributed by atoms with Gasteiger partial charge in [0, 0.05) is 11.3 Å². The van der Waals surface area contributed by atoms with Gasteiger partial charge in [-0.3, -0.25) is 0 Å². The molecule has 2 aromatic rings. The van der Waals surface area contributed by atoms with Crippen molar-refractivity contribution in [2.75, 3.05) is 0 Å². The molecule has 0 aliphatic heterocycles. The molecule has 0 saturated heterocycles. The average Bonchev–Trinajstić information content (AvgIpc) is 2.77. The predicted octanol–water partition coefficient (Wildman–Crippen LogP) is 5.94. The number of phenols is 2. The third kappa shape index (κ3) is 12.6. The summed E-state index contributed by atoms with van der Waals surface area (Å²) >= 11 is 0. The van der Waals surface area contributed by atoms with Crippen LogP contribution in [0.3, 0.4) is 0 Å². The molecule has 252 valence electrons. The molecule has 0 aliphatic rings. The first-order chi connectivity index (χ1) is 19.4. The average molecular weight is 701 g/mol. The molecule has 2 aromatic carbocycles. The Hall–Kier alpha value is -0.128. The van der Waals surface area contributed by atoms with E-state index in [1.54, 1.807) is 38.1 Å². The summed E-state index contributed by atoms with van der Waals surface area (Å²) in [5.74, 6) is 0.371. The van der Waals surface area contributed by atoms with Crippen molar-refractivity contribution in [3.63, 3.8) is 0 Å². The van der Waals surface area contributed by atoms with Crippen molar-refractivity contribution >= 4 is 61.3 Å². The van der Waals surface area contributed by atoms with Crippen LogP contribution >= 0.6 is 15.2 Å². The molecule has 8 nitrogen and oxygen atoms in total. The molecule has 2 unspecified atom stereocenters. The summed E-state index contributed by atoms with van der Waals surface area (Å²) in [6.45, 7) is 26.8. The number of aromatic hydroxyl groups is 2. The number of rotatable bonds is 6. The summed E-state index contributed by atoms with van der Waals surface area (Å²) in [6, 6.07) is 6.67. The molecule has 0 spiro atoms. The van der Waals surface area contributed by atoms with Crippen molar-refractivity contribution in [3.8, 4) is 11.5 Å². The molecule has 2 N–H and O–H groups in total. The maximum Gasteiger partial charge on any atom is 2.00 e. The molecule has 12 heteroatoms. The molecule has 46 heavy (non-hydrogen) atoms. The van der Waals surface area contributed by atoms with Crippen LogP contribution in [0.2, 0.25) is 0 Å². The van der Waals surface area contributed by atoms with Gasteiger partial charge >= 0.3 is 46.1 Å². The van der Waals surface area contributed by atoms with Gasteiger partial charge in [0.1, 0.15) is 11.5 Å². The van der Waals surface area contributed by atoms with Crippen LogP contribution in [0.5, 0.6) is 11.5 Å². The van der Waals surface area contributed by atoms with E-state index in [9.17, 15) is 38.9 Å². The van der Waals surface area contributed by atoms with Crippen LogP contribution in [0.4, 0.5) is 0 Å². The standard InChI is InChI=1S/2C17H29O4P.2Mg/c2*1-8-14(22(19,20)21)11-9-12(16(2,3)4)15(18)13(10-11)17(5,6)7;;/h2*9-10,14,18H,8H2,1-7H3,(H2,19,20,21);;/q;;2*+2/p-4. The monoisotopic (exact) mass is 700 g/mol. The van der Waals surface area contributed by atoms with Crippen LogP contribution in [0, 0.1) is 0 Å². The SMILES string of the molecule is CCC(c1cc(C(C)(C)C)c(O)c(C(C)(C)C)c1)P(=O)([O-])[O-].CCC(c1cc(C(C)(C)C)c(O)c(C(C)(C)C)c1)P(=O)([O-])[O-].[Mg+2].[Mg+2]. The fourth-order valence-corrected chi connectivity index (χ4v) is 7.19. The Kier molecular flexibility index (Phi) is 17.4. The molecule has 2 atom stereocenters. The van der Waals surface area contributed by atoms with Crippen molar-refractivity contribution < 1.29 is 38.9 Å². The zero-order valence-corrected chi connectivity index (χ0v) is 35.1. The van der Waals surface area contributed by atoms with Crippen LogP contribution in [0.1, 0.15) is 154 Å². The van der Waals surface area contributed by atoms with E-state index in [1.807, 2.05) is 83.1 Å². The van der Waals surface area contributed by atoms with Gasteiger partial charge in [0.15, 0.2) is 0 Å². The maximum atomic E-state index is 11.6. The summed E-state index contributed by atoms with van der Waals surface area (Å²) in [5, 5.41) is 21.2. The molecule has 0 fully saturated rings. The quantitative estimate of drug-likeness (QED) is 0.276. The van der Waals surface area contributed by atoms with Crippen LogP contribution in [-0.2, 0) is 30.8 Å². The van der Waals surface area contributed by atoms with E-state index >= 15 is 0 Å². The first-order valence-electron chi connectivity index (χ1n) is 15.2. The molecular formula is C34H54Mg2O8P2. The van der Waals surface area contributed by atoms with Gasteiger partial charge in [-0.05, 0) is 67.9 Å². The van der Waals surface area contributed by atoms with Crippen LogP contribution in [0.25, 0.3) is 0 Å². The van der Waals surface area contributed by atoms with Gasteiger partial charge in [-0.2, -0.15) is 0 Å². The zero-order valence-electron chi connectivity index (χ0n) is 30.5. The minimum Gasteiger partial charge on any atom is -0.810 e. The van der Waals surface area contributed by atoms with Gasteiger partial charge in [0.25, 0.3) is 0 Å². The predicted molar refractivity (Wildman–Crippen MR) is 184 cm³/mol. The van der Waals surface area contributed by atoms with Gasteiger partial charge in [0.05, 0.1) is 0 Å². The Balaban J connectivity index is 0. The minimum absolute atomic E-state index is 0. The largest absolute Gasteiger partial charge is 2.00 e. The Morgan fingerprint density at radius 2 is 0.696 bits per heavy atom. The number of hydrogen-bond donors (Lipinski definition) is 2. The normalized spacial score (nSPS) is 14.3. The third-order valence-corrected chi connectivity index (χ3v) is 10.7. The molecule has 0 heterocycles. The fraction of sp³-hybridized carbons (Fsp3) is 0.647. The van der Waals surface area contributed by atoms with Crippen LogP contribution in [-0.4, -0.2) is 56.3 Å². The molecule has 0 bridgehead atoms. The van der Waals surface area contributed by atoms with Crippen molar-refractivity contribution in [3.05, 3.63) is 57.6 Å². The number of hydrogen-bond acceptors (Lipinski definition) is 8. The van der Waals surface area contributed by atoms with Crippen molar-refractivity contribution in [2.45, 2.75) is 143 Å². The van der Waals surface area contributed by atoms with Gasteiger partial charge in [-0.15, -0.1) is 0 Å². The second-order valence-electron chi connectivity index (χ2n) is 15.9. The molecule has 0 radical (unpaired) electrons. The smallest absolute Gasteiger partial charge is 0.810 e. The van der Waals surface area contributed by atoms with E-state index in [-0.39, 0.29) is 92.1 Å². The molecule has 0 amide bonds. The van der Waals surface area contributed by atoms with Crippen LogP contribution in [0.15, 0.2) is 24.3 Å². The van der Waals surface area contributed by atoms with Crippen molar-refractivity contribution in [1.29, 1.82) is 0 Å². The second kappa shape index (κ2) is 16.7. The summed E-state index contributed by atoms with van der Waals surface area (Å²) < 4.78 is 23.2. The summed E-state index contributed by atoms with van der Waals surface area (Å²) in [7, 11) is -9.48. The Bertz CT molecular complexity index is 1220. The van der Waals surface area contributed by atoms with Gasteiger partial charge in [-0.1, -0.05) is 136 Å². The first kappa shape index (κ1) is 48.0. The molecule has 0 saturated carbocycles. The van der Waals surface area contributed by atoms with Gasteiger partial charge in [0.2, 0.25) is 0 Å². The number of benzene rings is 2. The van der Waals surface area contributed by atoms with E-state index in [4.69, 9.17) is 0 Å². The summed E-state index contributed by atoms with van der Waals surface area (Å²) in [4.78, 5) is 46.3. The number of phenolic OH excluding ortho intramolecular Hbond substituents is 2. The summed E-state index contributed by atoms with van der Waals surface area (Å²) in [6.07, 6.45) is 0.449. The Labute approximate surface area is 310 Å². The van der Waals surface area contributed by atoms with Crippen molar-refractivity contribution in [2.24, 2.45) is 0 Å². The van der Waals surface area contributed by atoms with E-state index in [1.165, 1.54) is 0 Å². The molecule has 0 aromatic heterocycles. The van der Waals surface area contributed by atoms with E-state index in [0.717, 1.165) is 0 Å². The maximum absolute atomic E-state index is 11.6. The minimum atomic E-state index is -4.74. The van der Waals surface area contributed by atoms with Crippen molar-refractivity contribution in [1.82, 2.24) is 0 Å². The topological polar surface area (TPSA) is 167 Å². The third-order valence-electron chi connectivity index (χ3n) is 7.80. The van der Waals surface area contributed by atoms with E-state index in [2.05, 4.69) is 0 Å². The zero-order chi connectivity index (χ0) is 35.0. The van der Waals surface area contributed by atoms with Gasteiger partial charge < -0.3 is 38.9 Å². The second-order valence-corrected chi connectivity index (χ2v) is 19.3.